The standard InChI is InChI=1S/C10H11N3O3/c1-7(14)12-4-2-3-8-5-9(13(15)16)6-11-10(8)12/h5-6H,2-4H2,1H3. The van der Waals surface area contributed by atoms with Crippen LogP contribution in [-0.4, -0.2) is 22.4 Å². The second-order valence-corrected chi connectivity index (χ2v) is 3.71. The molecule has 1 amide bonds. The molecule has 1 aliphatic rings. The van der Waals surface area contributed by atoms with E-state index in [4.69, 9.17) is 0 Å². The van der Waals surface area contributed by atoms with Crippen molar-refractivity contribution in [3.05, 3.63) is 27.9 Å². The van der Waals surface area contributed by atoms with Gasteiger partial charge in [-0.2, -0.15) is 0 Å². The third kappa shape index (κ3) is 1.73. The SMILES string of the molecule is CC(=O)N1CCCc2cc([N+](=O)[O-])cnc21. The molecule has 2 heterocycles. The van der Waals surface area contributed by atoms with Crippen molar-refractivity contribution in [3.8, 4) is 0 Å². The quantitative estimate of drug-likeness (QED) is 0.528. The molecule has 0 saturated carbocycles. The fourth-order valence-electron chi connectivity index (χ4n) is 1.86. The molecule has 0 saturated heterocycles. The Hall–Kier alpha value is -1.98. The number of pyridine rings is 1. The zero-order valence-electron chi connectivity index (χ0n) is 8.84. The van der Waals surface area contributed by atoms with Crippen molar-refractivity contribution in [1.29, 1.82) is 0 Å². The largest absolute Gasteiger partial charge is 0.297 e. The molecule has 0 aromatic carbocycles. The van der Waals surface area contributed by atoms with Gasteiger partial charge in [-0.3, -0.25) is 19.8 Å². The Labute approximate surface area is 92.0 Å². The first-order chi connectivity index (χ1) is 7.59. The van der Waals surface area contributed by atoms with Crippen molar-refractivity contribution in [1.82, 2.24) is 4.98 Å². The number of aromatic nitrogens is 1. The van der Waals surface area contributed by atoms with E-state index in [1.807, 2.05) is 0 Å². The molecule has 0 bridgehead atoms. The minimum Gasteiger partial charge on any atom is -0.297 e. The second-order valence-electron chi connectivity index (χ2n) is 3.71. The van der Waals surface area contributed by atoms with Gasteiger partial charge in [0.2, 0.25) is 5.91 Å². The highest BCUT2D eigenvalue weighted by molar-refractivity contribution is 5.91. The van der Waals surface area contributed by atoms with Gasteiger partial charge in [0, 0.05) is 25.1 Å². The third-order valence-corrected chi connectivity index (χ3v) is 2.60. The molecule has 84 valence electrons. The van der Waals surface area contributed by atoms with E-state index < -0.39 is 4.92 Å². The summed E-state index contributed by atoms with van der Waals surface area (Å²) in [5.41, 5.74) is 0.750. The van der Waals surface area contributed by atoms with Gasteiger partial charge in [-0.15, -0.1) is 0 Å². The van der Waals surface area contributed by atoms with E-state index in [0.717, 1.165) is 18.4 Å². The summed E-state index contributed by atoms with van der Waals surface area (Å²) in [6, 6.07) is 1.50. The van der Waals surface area contributed by atoms with E-state index in [9.17, 15) is 14.9 Å². The van der Waals surface area contributed by atoms with E-state index in [1.54, 1.807) is 4.90 Å². The molecule has 1 aromatic heterocycles. The summed E-state index contributed by atoms with van der Waals surface area (Å²) in [5, 5.41) is 10.6. The number of hydrogen-bond acceptors (Lipinski definition) is 4. The number of rotatable bonds is 1. The third-order valence-electron chi connectivity index (χ3n) is 2.60. The highest BCUT2D eigenvalue weighted by atomic mass is 16.6. The van der Waals surface area contributed by atoms with Gasteiger partial charge >= 0.3 is 0 Å². The zero-order chi connectivity index (χ0) is 11.7. The average Bonchev–Trinajstić information content (AvgIpc) is 2.27. The summed E-state index contributed by atoms with van der Waals surface area (Å²) >= 11 is 0. The van der Waals surface area contributed by atoms with Crippen molar-refractivity contribution in [2.45, 2.75) is 19.8 Å². The molecule has 6 heteroatoms. The normalized spacial score (nSPS) is 14.4. The molecule has 0 aliphatic carbocycles. The van der Waals surface area contributed by atoms with Crippen LogP contribution in [0.5, 0.6) is 0 Å². The van der Waals surface area contributed by atoms with Crippen LogP contribution in [-0.2, 0) is 11.2 Å². The predicted molar refractivity (Wildman–Crippen MR) is 57.2 cm³/mol. The molecule has 1 aliphatic heterocycles. The first-order valence-electron chi connectivity index (χ1n) is 5.01. The van der Waals surface area contributed by atoms with E-state index in [2.05, 4.69) is 4.98 Å². The van der Waals surface area contributed by atoms with Crippen molar-refractivity contribution in [2.75, 3.05) is 11.4 Å². The molecule has 0 radical (unpaired) electrons. The Morgan fingerprint density at radius 3 is 3.00 bits per heavy atom. The number of aryl methyl sites for hydroxylation is 1. The van der Waals surface area contributed by atoms with Crippen LogP contribution in [0.3, 0.4) is 0 Å². The summed E-state index contributed by atoms with van der Waals surface area (Å²) in [6.45, 7) is 2.10. The molecular formula is C10H11N3O3. The predicted octanol–water partition coefficient (Wildman–Crippen LogP) is 1.29. The average molecular weight is 221 g/mol. The fourth-order valence-corrected chi connectivity index (χ4v) is 1.86. The van der Waals surface area contributed by atoms with Gasteiger partial charge in [0.25, 0.3) is 5.69 Å². The topological polar surface area (TPSA) is 76.3 Å². The molecule has 16 heavy (non-hydrogen) atoms. The lowest BCUT2D eigenvalue weighted by Crippen LogP contribution is -2.34. The van der Waals surface area contributed by atoms with Gasteiger partial charge in [0.05, 0.1) is 4.92 Å². The van der Waals surface area contributed by atoms with Crippen LogP contribution in [0.15, 0.2) is 12.3 Å². The molecule has 2 rings (SSSR count). The van der Waals surface area contributed by atoms with Gasteiger partial charge in [-0.05, 0) is 12.8 Å². The van der Waals surface area contributed by atoms with Crippen LogP contribution in [0.2, 0.25) is 0 Å². The van der Waals surface area contributed by atoms with Crippen molar-refractivity contribution >= 4 is 17.4 Å². The maximum absolute atomic E-state index is 11.3. The van der Waals surface area contributed by atoms with Crippen LogP contribution in [0, 0.1) is 10.1 Å². The van der Waals surface area contributed by atoms with E-state index in [1.165, 1.54) is 19.2 Å². The maximum atomic E-state index is 11.3. The number of carbonyl (C=O) groups excluding carboxylic acids is 1. The molecule has 0 N–H and O–H groups in total. The number of fused-ring (bicyclic) bond motifs is 1. The van der Waals surface area contributed by atoms with Crippen molar-refractivity contribution in [3.63, 3.8) is 0 Å². The van der Waals surface area contributed by atoms with Crippen LogP contribution in [0.25, 0.3) is 0 Å². The summed E-state index contributed by atoms with van der Waals surface area (Å²) in [4.78, 5) is 27.0. The van der Waals surface area contributed by atoms with Crippen molar-refractivity contribution < 1.29 is 9.72 Å². The molecule has 0 unspecified atom stereocenters. The van der Waals surface area contributed by atoms with Crippen LogP contribution in [0.1, 0.15) is 18.9 Å². The lowest BCUT2D eigenvalue weighted by molar-refractivity contribution is -0.385. The number of anilines is 1. The number of carbonyl (C=O) groups is 1. The minimum atomic E-state index is -0.472. The lowest BCUT2D eigenvalue weighted by atomic mass is 10.1. The molecule has 6 nitrogen and oxygen atoms in total. The summed E-state index contributed by atoms with van der Waals surface area (Å²) in [6.07, 6.45) is 2.74. The highest BCUT2D eigenvalue weighted by Gasteiger charge is 2.23. The van der Waals surface area contributed by atoms with Gasteiger partial charge in [-0.1, -0.05) is 0 Å². The van der Waals surface area contributed by atoms with Crippen LogP contribution in [0.4, 0.5) is 11.5 Å². The Morgan fingerprint density at radius 1 is 1.62 bits per heavy atom. The van der Waals surface area contributed by atoms with E-state index in [-0.39, 0.29) is 11.6 Å². The fraction of sp³-hybridized carbons (Fsp3) is 0.400. The number of hydrogen-bond donors (Lipinski definition) is 0. The molecule has 0 atom stereocenters. The monoisotopic (exact) mass is 221 g/mol. The lowest BCUT2D eigenvalue weighted by Gasteiger charge is -2.26. The summed E-state index contributed by atoms with van der Waals surface area (Å²) < 4.78 is 0. The Bertz CT molecular complexity index is 459. The molecular weight excluding hydrogens is 210 g/mol. The smallest absolute Gasteiger partial charge is 0.288 e. The van der Waals surface area contributed by atoms with Gasteiger partial charge in [-0.25, -0.2) is 4.98 Å². The highest BCUT2D eigenvalue weighted by Crippen LogP contribution is 2.27. The van der Waals surface area contributed by atoms with Crippen molar-refractivity contribution in [2.24, 2.45) is 0 Å². The Kier molecular flexibility index (Phi) is 2.55. The minimum absolute atomic E-state index is 0.0239. The number of amides is 1. The summed E-state index contributed by atoms with van der Waals surface area (Å²) in [7, 11) is 0. The first-order valence-corrected chi connectivity index (χ1v) is 5.01. The molecule has 0 fully saturated rings. The van der Waals surface area contributed by atoms with E-state index in [0.29, 0.717) is 12.4 Å². The first kappa shape index (κ1) is 10.5. The van der Waals surface area contributed by atoms with Gasteiger partial charge in [0.15, 0.2) is 0 Å². The Balaban J connectivity index is 2.44. The van der Waals surface area contributed by atoms with Gasteiger partial charge in [0.1, 0.15) is 12.0 Å². The number of nitro groups is 1. The van der Waals surface area contributed by atoms with E-state index >= 15 is 0 Å². The second kappa shape index (κ2) is 3.88. The van der Waals surface area contributed by atoms with Crippen LogP contribution < -0.4 is 4.90 Å². The summed E-state index contributed by atoms with van der Waals surface area (Å²) in [5.74, 6) is 0.478. The van der Waals surface area contributed by atoms with Gasteiger partial charge < -0.3 is 0 Å². The zero-order valence-corrected chi connectivity index (χ0v) is 8.84. The van der Waals surface area contributed by atoms with Crippen LogP contribution >= 0.6 is 0 Å². The molecule has 0 spiro atoms. The molecule has 1 aromatic rings. The number of nitrogens with zero attached hydrogens (tertiary/aromatic N) is 3. The Morgan fingerprint density at radius 2 is 2.38 bits per heavy atom. The maximum Gasteiger partial charge on any atom is 0.288 e.